The van der Waals surface area contributed by atoms with Crippen molar-refractivity contribution >= 4 is 46.4 Å². The van der Waals surface area contributed by atoms with E-state index >= 15 is 0 Å². The number of amides is 2. The highest BCUT2D eigenvalue weighted by Gasteiger charge is 2.25. The topological polar surface area (TPSA) is 71.3 Å². The maximum atomic E-state index is 12.5. The van der Waals surface area contributed by atoms with E-state index in [2.05, 4.69) is 10.6 Å². The molecule has 5 nitrogen and oxygen atoms in total. The van der Waals surface area contributed by atoms with Gasteiger partial charge in [0.2, 0.25) is 0 Å². The summed E-state index contributed by atoms with van der Waals surface area (Å²) < 4.78 is 5.28. The number of hydrogen-bond acceptors (Lipinski definition) is 3. The van der Waals surface area contributed by atoms with Crippen molar-refractivity contribution in [1.82, 2.24) is 0 Å². The van der Waals surface area contributed by atoms with Crippen LogP contribution in [-0.4, -0.2) is 11.8 Å². The number of nitrogens with one attached hydrogen (secondary N) is 2. The number of rotatable bonds is 3. The molecular formula is C20H13ClN2O3. The van der Waals surface area contributed by atoms with E-state index in [-0.39, 0.29) is 11.8 Å². The minimum Gasteiger partial charge on any atom is -0.465 e. The van der Waals surface area contributed by atoms with Crippen molar-refractivity contribution in [3.63, 3.8) is 0 Å². The smallest absolute Gasteiger partial charge is 0.256 e. The maximum absolute atomic E-state index is 12.5. The van der Waals surface area contributed by atoms with Gasteiger partial charge in [-0.2, -0.15) is 0 Å². The van der Waals surface area contributed by atoms with Crippen molar-refractivity contribution in [2.45, 2.75) is 0 Å². The van der Waals surface area contributed by atoms with Crippen LogP contribution in [0.4, 0.5) is 11.4 Å². The summed E-state index contributed by atoms with van der Waals surface area (Å²) >= 11 is 5.94. The first-order chi connectivity index (χ1) is 12.6. The summed E-state index contributed by atoms with van der Waals surface area (Å²) in [5.41, 5.74) is 2.80. The van der Waals surface area contributed by atoms with Crippen LogP contribution < -0.4 is 10.6 Å². The number of fused-ring (bicyclic) bond motifs is 1. The fraction of sp³-hybridized carbons (Fsp3) is 0. The normalized spacial score (nSPS) is 14.2. The third kappa shape index (κ3) is 3.12. The van der Waals surface area contributed by atoms with Crippen molar-refractivity contribution in [1.29, 1.82) is 0 Å². The van der Waals surface area contributed by atoms with Crippen molar-refractivity contribution < 1.29 is 14.0 Å². The molecule has 1 aliphatic heterocycles. The average Bonchev–Trinajstić information content (AvgIpc) is 3.23. The van der Waals surface area contributed by atoms with Gasteiger partial charge in [0.15, 0.2) is 0 Å². The van der Waals surface area contributed by atoms with Crippen LogP contribution in [0.1, 0.15) is 21.7 Å². The summed E-state index contributed by atoms with van der Waals surface area (Å²) in [6.07, 6.45) is 3.19. The van der Waals surface area contributed by atoms with Gasteiger partial charge in [-0.05, 0) is 54.6 Å². The lowest BCUT2D eigenvalue weighted by Gasteiger charge is -2.07. The Morgan fingerprint density at radius 1 is 1.12 bits per heavy atom. The largest absolute Gasteiger partial charge is 0.465 e. The second-order valence-corrected chi connectivity index (χ2v) is 6.19. The third-order valence-electron chi connectivity index (χ3n) is 3.98. The van der Waals surface area contributed by atoms with E-state index in [0.717, 1.165) is 0 Å². The molecule has 0 atom stereocenters. The summed E-state index contributed by atoms with van der Waals surface area (Å²) in [5, 5.41) is 6.12. The maximum Gasteiger partial charge on any atom is 0.256 e. The standard InChI is InChI=1S/C20H13ClN2O3/c21-13-3-1-4-14(10-13)22-19(24)12-6-7-18-16(9-12)17(20(25)23-18)11-15-5-2-8-26-15/h1-11H,(H,22,24)(H,23,25)/b17-11-. The molecule has 2 N–H and O–H groups in total. The van der Waals surface area contributed by atoms with Crippen molar-refractivity contribution in [3.8, 4) is 0 Å². The zero-order chi connectivity index (χ0) is 18.1. The molecular weight excluding hydrogens is 352 g/mol. The molecule has 2 aromatic carbocycles. The molecule has 2 amide bonds. The van der Waals surface area contributed by atoms with Crippen molar-refractivity contribution in [2.75, 3.05) is 10.6 Å². The van der Waals surface area contributed by atoms with Crippen LogP contribution in [0.3, 0.4) is 0 Å². The molecule has 0 saturated carbocycles. The SMILES string of the molecule is O=C1Nc2ccc(C(=O)Nc3cccc(Cl)c3)cc2/C1=C/c1ccco1. The number of anilines is 2. The average molecular weight is 365 g/mol. The third-order valence-corrected chi connectivity index (χ3v) is 4.21. The second-order valence-electron chi connectivity index (χ2n) is 5.75. The predicted octanol–water partition coefficient (Wildman–Crippen LogP) is 4.68. The van der Waals surface area contributed by atoms with E-state index in [1.54, 1.807) is 60.7 Å². The molecule has 6 heteroatoms. The highest BCUT2D eigenvalue weighted by molar-refractivity contribution is 6.35. The molecule has 1 aromatic heterocycles. The lowest BCUT2D eigenvalue weighted by atomic mass is 10.0. The van der Waals surface area contributed by atoms with E-state index in [9.17, 15) is 9.59 Å². The van der Waals surface area contributed by atoms with Gasteiger partial charge in [0.25, 0.3) is 11.8 Å². The molecule has 0 unspecified atom stereocenters. The molecule has 4 rings (SSSR count). The van der Waals surface area contributed by atoms with Gasteiger partial charge in [0.05, 0.1) is 11.8 Å². The van der Waals surface area contributed by atoms with E-state index in [1.807, 2.05) is 0 Å². The molecule has 0 radical (unpaired) electrons. The van der Waals surface area contributed by atoms with Gasteiger partial charge in [-0.1, -0.05) is 17.7 Å². The van der Waals surface area contributed by atoms with Gasteiger partial charge < -0.3 is 15.1 Å². The van der Waals surface area contributed by atoms with Crippen LogP contribution in [0, 0.1) is 0 Å². The summed E-state index contributed by atoms with van der Waals surface area (Å²) in [6, 6.07) is 15.5. The number of carbonyl (C=O) groups is 2. The van der Waals surface area contributed by atoms with E-state index in [0.29, 0.717) is 38.9 Å². The Bertz CT molecular complexity index is 1040. The van der Waals surface area contributed by atoms with E-state index in [4.69, 9.17) is 16.0 Å². The van der Waals surface area contributed by atoms with E-state index < -0.39 is 0 Å². The molecule has 0 bridgehead atoms. The van der Waals surface area contributed by atoms with Crippen LogP contribution in [-0.2, 0) is 4.79 Å². The molecule has 0 aliphatic carbocycles. The molecule has 0 saturated heterocycles. The molecule has 3 aromatic rings. The Balaban J connectivity index is 1.65. The fourth-order valence-corrected chi connectivity index (χ4v) is 2.95. The van der Waals surface area contributed by atoms with Crippen LogP contribution in [0.15, 0.2) is 65.3 Å². The highest BCUT2D eigenvalue weighted by atomic mass is 35.5. The molecule has 0 fully saturated rings. The summed E-state index contributed by atoms with van der Waals surface area (Å²) in [4.78, 5) is 24.8. The Kier molecular flexibility index (Phi) is 4.07. The van der Waals surface area contributed by atoms with Gasteiger partial charge in [-0.15, -0.1) is 0 Å². The Morgan fingerprint density at radius 2 is 2.00 bits per heavy atom. The van der Waals surface area contributed by atoms with Gasteiger partial charge in [0, 0.05) is 27.5 Å². The first-order valence-electron chi connectivity index (χ1n) is 7.88. The number of halogens is 1. The minimum absolute atomic E-state index is 0.233. The van der Waals surface area contributed by atoms with Crippen LogP contribution >= 0.6 is 11.6 Å². The summed E-state index contributed by atoms with van der Waals surface area (Å²) in [7, 11) is 0. The number of hydrogen-bond donors (Lipinski definition) is 2. The molecule has 26 heavy (non-hydrogen) atoms. The quantitative estimate of drug-likeness (QED) is 0.663. The minimum atomic E-state index is -0.285. The Hall–Kier alpha value is -3.31. The fourth-order valence-electron chi connectivity index (χ4n) is 2.76. The zero-order valence-corrected chi connectivity index (χ0v) is 14.2. The van der Waals surface area contributed by atoms with Gasteiger partial charge in [0.1, 0.15) is 5.76 Å². The zero-order valence-electron chi connectivity index (χ0n) is 13.5. The number of furan rings is 1. The van der Waals surface area contributed by atoms with Crippen LogP contribution in [0.2, 0.25) is 5.02 Å². The Morgan fingerprint density at radius 3 is 2.77 bits per heavy atom. The van der Waals surface area contributed by atoms with Crippen LogP contribution in [0.25, 0.3) is 11.6 Å². The predicted molar refractivity (Wildman–Crippen MR) is 101 cm³/mol. The first-order valence-corrected chi connectivity index (χ1v) is 8.26. The summed E-state index contributed by atoms with van der Waals surface area (Å²) in [6.45, 7) is 0. The summed E-state index contributed by atoms with van der Waals surface area (Å²) in [5.74, 6) is 0.0485. The lowest BCUT2D eigenvalue weighted by Crippen LogP contribution is -2.11. The molecule has 1 aliphatic rings. The van der Waals surface area contributed by atoms with Crippen molar-refractivity contribution in [3.05, 3.63) is 82.8 Å². The van der Waals surface area contributed by atoms with Crippen LogP contribution in [0.5, 0.6) is 0 Å². The van der Waals surface area contributed by atoms with Gasteiger partial charge in [-0.25, -0.2) is 0 Å². The van der Waals surface area contributed by atoms with Gasteiger partial charge >= 0.3 is 0 Å². The molecule has 2 heterocycles. The molecule has 128 valence electrons. The highest BCUT2D eigenvalue weighted by Crippen LogP contribution is 2.34. The monoisotopic (exact) mass is 364 g/mol. The lowest BCUT2D eigenvalue weighted by molar-refractivity contribution is -0.110. The second kappa shape index (κ2) is 6.54. The van der Waals surface area contributed by atoms with Crippen molar-refractivity contribution in [2.24, 2.45) is 0 Å². The first kappa shape index (κ1) is 16.2. The number of benzene rings is 2. The van der Waals surface area contributed by atoms with E-state index in [1.165, 1.54) is 6.26 Å². The Labute approximate surface area is 154 Å². The molecule has 0 spiro atoms. The van der Waals surface area contributed by atoms with Gasteiger partial charge in [-0.3, -0.25) is 9.59 Å². The number of carbonyl (C=O) groups excluding carboxylic acids is 2.